The number of hydrogen-bond donors (Lipinski definition) is 0. The van der Waals surface area contributed by atoms with Crippen molar-refractivity contribution in [3.05, 3.63) is 139 Å². The zero-order valence-electron chi connectivity index (χ0n) is 27.5. The van der Waals surface area contributed by atoms with Crippen molar-refractivity contribution in [2.45, 2.75) is 39.5 Å². The predicted molar refractivity (Wildman–Crippen MR) is 200 cm³/mol. The van der Waals surface area contributed by atoms with Gasteiger partial charge in [0.15, 0.2) is 5.58 Å². The normalized spacial score (nSPS) is 12.1. The lowest BCUT2D eigenvalue weighted by Gasteiger charge is -2.24. The van der Waals surface area contributed by atoms with E-state index in [4.69, 9.17) is 14.4 Å². The Morgan fingerprint density at radius 2 is 1.25 bits per heavy atom. The molecule has 3 aromatic heterocycles. The number of hydrogen-bond acceptors (Lipinski definition) is 3. The van der Waals surface area contributed by atoms with Gasteiger partial charge in [-0.3, -0.25) is 4.57 Å². The van der Waals surface area contributed by atoms with Crippen LogP contribution in [-0.4, -0.2) is 14.5 Å². The van der Waals surface area contributed by atoms with Crippen LogP contribution in [-0.2, 0) is 0 Å². The molecule has 4 nitrogen and oxygen atoms in total. The van der Waals surface area contributed by atoms with Crippen LogP contribution < -0.4 is 0 Å². The van der Waals surface area contributed by atoms with Crippen LogP contribution in [0.2, 0.25) is 0 Å². The SMILES string of the molecule is CC(C)c1cc(-c2ccccc2)cc(C(C)C)c1-n1c(-c2cccc3c2oc2cc4cc5ccccc5cc4nc23)nc2ccccc21. The van der Waals surface area contributed by atoms with Crippen molar-refractivity contribution in [1.82, 2.24) is 14.5 Å². The Morgan fingerprint density at radius 1 is 0.562 bits per heavy atom. The molecular weight excluding hydrogens is 587 g/mol. The number of para-hydroxylation sites is 3. The van der Waals surface area contributed by atoms with Gasteiger partial charge in [-0.15, -0.1) is 0 Å². The van der Waals surface area contributed by atoms with Crippen molar-refractivity contribution >= 4 is 54.8 Å². The lowest BCUT2D eigenvalue weighted by atomic mass is 9.88. The molecular formula is C44H35N3O. The van der Waals surface area contributed by atoms with Crippen LogP contribution in [0, 0.1) is 0 Å². The molecule has 0 N–H and O–H groups in total. The van der Waals surface area contributed by atoms with E-state index in [-0.39, 0.29) is 11.8 Å². The van der Waals surface area contributed by atoms with E-state index in [1.54, 1.807) is 0 Å². The van der Waals surface area contributed by atoms with Gasteiger partial charge in [-0.05, 0) is 99.5 Å². The first kappa shape index (κ1) is 28.5. The molecule has 0 atom stereocenters. The van der Waals surface area contributed by atoms with E-state index >= 15 is 0 Å². The second-order valence-electron chi connectivity index (χ2n) is 13.4. The first-order valence-corrected chi connectivity index (χ1v) is 16.8. The molecule has 0 spiro atoms. The highest BCUT2D eigenvalue weighted by molar-refractivity contribution is 6.11. The molecule has 0 amide bonds. The molecule has 232 valence electrons. The van der Waals surface area contributed by atoms with Gasteiger partial charge >= 0.3 is 0 Å². The Kier molecular flexibility index (Phi) is 6.48. The van der Waals surface area contributed by atoms with E-state index in [1.807, 2.05) is 0 Å². The molecule has 0 bridgehead atoms. The quantitative estimate of drug-likeness (QED) is 0.180. The van der Waals surface area contributed by atoms with Crippen LogP contribution in [0.4, 0.5) is 0 Å². The van der Waals surface area contributed by atoms with Crippen molar-refractivity contribution in [1.29, 1.82) is 0 Å². The molecule has 0 aliphatic heterocycles. The topological polar surface area (TPSA) is 43.9 Å². The van der Waals surface area contributed by atoms with Crippen molar-refractivity contribution in [2.75, 3.05) is 0 Å². The van der Waals surface area contributed by atoms with Gasteiger partial charge < -0.3 is 4.42 Å². The third-order valence-electron chi connectivity index (χ3n) is 9.67. The summed E-state index contributed by atoms with van der Waals surface area (Å²) >= 11 is 0. The summed E-state index contributed by atoms with van der Waals surface area (Å²) in [6, 6.07) is 45.2. The summed E-state index contributed by atoms with van der Waals surface area (Å²) in [5.74, 6) is 1.43. The van der Waals surface area contributed by atoms with E-state index in [0.717, 1.165) is 55.4 Å². The average Bonchev–Trinajstić information content (AvgIpc) is 3.67. The summed E-state index contributed by atoms with van der Waals surface area (Å²) in [5.41, 5.74) is 12.6. The van der Waals surface area contributed by atoms with Gasteiger partial charge in [0.2, 0.25) is 0 Å². The molecule has 9 rings (SSSR count). The van der Waals surface area contributed by atoms with E-state index in [9.17, 15) is 0 Å². The van der Waals surface area contributed by atoms with Crippen LogP contribution in [0.3, 0.4) is 0 Å². The maximum absolute atomic E-state index is 6.76. The Hall–Kier alpha value is -5.74. The third kappa shape index (κ3) is 4.44. The van der Waals surface area contributed by atoms with Crippen molar-refractivity contribution < 1.29 is 4.42 Å². The minimum absolute atomic E-state index is 0.282. The molecule has 0 unspecified atom stereocenters. The fourth-order valence-electron chi connectivity index (χ4n) is 7.28. The molecule has 0 saturated carbocycles. The number of benzene rings is 6. The van der Waals surface area contributed by atoms with Gasteiger partial charge in [-0.1, -0.05) is 100 Å². The van der Waals surface area contributed by atoms with Crippen LogP contribution in [0.1, 0.15) is 50.7 Å². The minimum atomic E-state index is 0.282. The molecule has 0 radical (unpaired) electrons. The van der Waals surface area contributed by atoms with Gasteiger partial charge in [0.05, 0.1) is 27.8 Å². The summed E-state index contributed by atoms with van der Waals surface area (Å²) < 4.78 is 9.14. The zero-order valence-corrected chi connectivity index (χ0v) is 27.5. The zero-order chi connectivity index (χ0) is 32.5. The highest BCUT2D eigenvalue weighted by Gasteiger charge is 2.25. The first-order chi connectivity index (χ1) is 23.4. The van der Waals surface area contributed by atoms with Crippen LogP contribution in [0.25, 0.3) is 83.0 Å². The summed E-state index contributed by atoms with van der Waals surface area (Å²) in [5, 5.41) is 4.43. The average molecular weight is 622 g/mol. The highest BCUT2D eigenvalue weighted by atomic mass is 16.3. The number of imidazole rings is 1. The molecule has 0 aliphatic rings. The number of furan rings is 1. The van der Waals surface area contributed by atoms with Gasteiger partial charge in [-0.25, -0.2) is 9.97 Å². The maximum Gasteiger partial charge on any atom is 0.154 e. The van der Waals surface area contributed by atoms with Crippen LogP contribution in [0.5, 0.6) is 0 Å². The molecule has 4 heteroatoms. The van der Waals surface area contributed by atoms with E-state index in [0.29, 0.717) is 0 Å². The molecule has 0 fully saturated rings. The number of fused-ring (bicyclic) bond motifs is 6. The Morgan fingerprint density at radius 3 is 2.00 bits per heavy atom. The Bertz CT molecular complexity index is 2650. The monoisotopic (exact) mass is 621 g/mol. The Labute approximate surface area is 279 Å². The van der Waals surface area contributed by atoms with Gasteiger partial charge in [0, 0.05) is 10.8 Å². The summed E-state index contributed by atoms with van der Waals surface area (Å²) in [6.07, 6.45) is 0. The fourth-order valence-corrected chi connectivity index (χ4v) is 7.28. The van der Waals surface area contributed by atoms with Crippen molar-refractivity contribution in [2.24, 2.45) is 0 Å². The van der Waals surface area contributed by atoms with Gasteiger partial charge in [0.1, 0.15) is 16.9 Å². The second-order valence-corrected chi connectivity index (χ2v) is 13.4. The van der Waals surface area contributed by atoms with Crippen molar-refractivity contribution in [3.63, 3.8) is 0 Å². The maximum atomic E-state index is 6.76. The fraction of sp³-hybridized carbons (Fsp3) is 0.136. The molecule has 0 saturated heterocycles. The van der Waals surface area contributed by atoms with E-state index in [2.05, 4.69) is 160 Å². The van der Waals surface area contributed by atoms with Crippen molar-refractivity contribution in [3.8, 4) is 28.2 Å². The smallest absolute Gasteiger partial charge is 0.154 e. The summed E-state index contributed by atoms with van der Waals surface area (Å²) in [4.78, 5) is 10.5. The molecule has 0 aliphatic carbocycles. The number of rotatable bonds is 5. The van der Waals surface area contributed by atoms with Crippen LogP contribution in [0.15, 0.2) is 132 Å². The molecule has 9 aromatic rings. The van der Waals surface area contributed by atoms with E-state index in [1.165, 1.54) is 38.7 Å². The third-order valence-corrected chi connectivity index (χ3v) is 9.67. The van der Waals surface area contributed by atoms with Crippen LogP contribution >= 0.6 is 0 Å². The standard InChI is InChI=1S/C44H35N3O/c1-26(2)35-22-31(28-13-6-5-7-14-28)23-36(27(3)4)42(35)47-39-20-11-10-19-37(39)46-44(47)34-18-12-17-33-41-40(48-43(33)34)25-32-21-29-15-8-9-16-30(29)24-38(32)45-41/h5-27H,1-4H3. The van der Waals surface area contributed by atoms with Gasteiger partial charge in [-0.2, -0.15) is 0 Å². The Balaban J connectivity index is 1.34. The molecule has 3 heterocycles. The lowest BCUT2D eigenvalue weighted by molar-refractivity contribution is 0.669. The second kappa shape index (κ2) is 10.9. The number of nitrogens with zero attached hydrogens (tertiary/aromatic N) is 3. The minimum Gasteiger partial charge on any atom is -0.454 e. The number of pyridine rings is 1. The lowest BCUT2D eigenvalue weighted by Crippen LogP contribution is -2.09. The number of aromatic nitrogens is 3. The highest BCUT2D eigenvalue weighted by Crippen LogP contribution is 2.42. The first-order valence-electron chi connectivity index (χ1n) is 16.8. The van der Waals surface area contributed by atoms with Gasteiger partial charge in [0.25, 0.3) is 0 Å². The summed E-state index contributed by atoms with van der Waals surface area (Å²) in [7, 11) is 0. The predicted octanol–water partition coefficient (Wildman–Crippen LogP) is 12.2. The molecule has 48 heavy (non-hydrogen) atoms. The molecule has 6 aromatic carbocycles. The van der Waals surface area contributed by atoms with E-state index < -0.39 is 0 Å². The summed E-state index contributed by atoms with van der Waals surface area (Å²) in [6.45, 7) is 9.15. The largest absolute Gasteiger partial charge is 0.454 e.